The Morgan fingerprint density at radius 1 is 0.828 bits per heavy atom. The summed E-state index contributed by atoms with van der Waals surface area (Å²) in [5.74, 6) is -0.864. The quantitative estimate of drug-likeness (QED) is 0.0705. The standard InChI is InChI=1S/C42H44N6O7S3/c1-8-42(9-2)37-38(45-41(42)51)34(43-33-19-14-30(48(5)6)23-36(33)56-7)24-35(39(37)49)44-40(50)27-20-28(46-57(52)54-31-15-10-25(3)11-16-31)22-29(21-27)47-58(53)55-32-17-12-26(4)13-18-32/h10-24,46-47H,8-9H2,1-7H3,(H,44,50)(H,45,51). The number of benzene rings is 4. The van der Waals surface area contributed by atoms with E-state index in [0.717, 1.165) is 21.7 Å². The second-order valence-electron chi connectivity index (χ2n) is 13.8. The molecule has 6 rings (SSSR count). The van der Waals surface area contributed by atoms with Gasteiger partial charge in [-0.05, 0) is 99.7 Å². The number of allylic oxidation sites excluding steroid dienone is 2. The number of ketones is 1. The Balaban J connectivity index is 1.36. The molecule has 2 amide bonds. The van der Waals surface area contributed by atoms with Gasteiger partial charge in [-0.3, -0.25) is 23.8 Å². The summed E-state index contributed by atoms with van der Waals surface area (Å²) in [4.78, 5) is 50.0. The lowest BCUT2D eigenvalue weighted by atomic mass is 9.72. The number of hydrogen-bond acceptors (Lipinski definition) is 10. The Morgan fingerprint density at radius 2 is 1.38 bits per heavy atom. The number of Topliss-reactive ketones (excluding diaryl/α,β-unsaturated/α-hetero) is 1. The molecule has 1 aliphatic carbocycles. The molecule has 0 spiro atoms. The second kappa shape index (κ2) is 17.8. The van der Waals surface area contributed by atoms with Crippen LogP contribution in [0.4, 0.5) is 22.7 Å². The van der Waals surface area contributed by atoms with Crippen LogP contribution < -0.4 is 33.3 Å². The number of carbonyl (C=O) groups is 3. The first-order valence-electron chi connectivity index (χ1n) is 18.3. The molecule has 0 aromatic heterocycles. The summed E-state index contributed by atoms with van der Waals surface area (Å²) < 4.78 is 42.8. The monoisotopic (exact) mass is 840 g/mol. The number of amides is 2. The number of aliphatic imine (C=N–C) groups is 1. The van der Waals surface area contributed by atoms with Crippen LogP contribution in [-0.2, 0) is 32.1 Å². The van der Waals surface area contributed by atoms with Gasteiger partial charge in [0.05, 0.1) is 39.6 Å². The summed E-state index contributed by atoms with van der Waals surface area (Å²) in [7, 11) is 3.88. The van der Waals surface area contributed by atoms with Crippen LogP contribution in [0, 0.1) is 19.3 Å². The summed E-state index contributed by atoms with van der Waals surface area (Å²) in [6.07, 6.45) is 4.08. The van der Waals surface area contributed by atoms with Crippen LogP contribution in [0.25, 0.3) is 0 Å². The number of anilines is 3. The zero-order chi connectivity index (χ0) is 41.7. The van der Waals surface area contributed by atoms with Crippen molar-refractivity contribution in [1.82, 2.24) is 10.6 Å². The van der Waals surface area contributed by atoms with E-state index in [0.29, 0.717) is 41.4 Å². The van der Waals surface area contributed by atoms with Gasteiger partial charge in [0.2, 0.25) is 11.7 Å². The molecule has 13 nitrogen and oxygen atoms in total. The highest BCUT2D eigenvalue weighted by Crippen LogP contribution is 2.45. The molecule has 0 radical (unpaired) electrons. The molecule has 1 heterocycles. The molecular formula is C42H44N6O7S3. The molecule has 2 atom stereocenters. The third-order valence-electron chi connectivity index (χ3n) is 9.77. The first-order valence-corrected chi connectivity index (χ1v) is 21.7. The summed E-state index contributed by atoms with van der Waals surface area (Å²) >= 11 is -2.72. The predicted molar refractivity (Wildman–Crippen MR) is 232 cm³/mol. The fourth-order valence-corrected chi connectivity index (χ4v) is 8.36. The molecule has 16 heteroatoms. The van der Waals surface area contributed by atoms with Gasteiger partial charge in [-0.1, -0.05) is 49.2 Å². The summed E-state index contributed by atoms with van der Waals surface area (Å²) in [6, 6.07) is 24.0. The normalized spacial score (nSPS) is 16.2. The molecule has 302 valence electrons. The fraction of sp³-hybridized carbons (Fsp3) is 0.238. The number of carbonyl (C=O) groups excluding carboxylic acids is 3. The molecule has 0 bridgehead atoms. The summed E-state index contributed by atoms with van der Waals surface area (Å²) in [5, 5.41) is 5.69. The van der Waals surface area contributed by atoms with Gasteiger partial charge in [-0.15, -0.1) is 11.8 Å². The molecule has 4 aromatic carbocycles. The van der Waals surface area contributed by atoms with Crippen molar-refractivity contribution < 1.29 is 31.2 Å². The first kappa shape index (κ1) is 41.9. The van der Waals surface area contributed by atoms with Crippen molar-refractivity contribution >= 4 is 80.4 Å². The molecule has 4 N–H and O–H groups in total. The molecule has 4 aromatic rings. The summed E-state index contributed by atoms with van der Waals surface area (Å²) in [5.41, 5.74) is 3.53. The van der Waals surface area contributed by atoms with Gasteiger partial charge in [0, 0.05) is 35.8 Å². The smallest absolute Gasteiger partial charge is 0.316 e. The van der Waals surface area contributed by atoms with Gasteiger partial charge in [0.1, 0.15) is 11.5 Å². The van der Waals surface area contributed by atoms with Crippen molar-refractivity contribution in [3.8, 4) is 11.5 Å². The molecular weight excluding hydrogens is 797 g/mol. The van der Waals surface area contributed by atoms with E-state index in [1.165, 1.54) is 36.0 Å². The van der Waals surface area contributed by atoms with Crippen LogP contribution in [-0.4, -0.2) is 52.1 Å². The van der Waals surface area contributed by atoms with E-state index in [1.54, 1.807) is 24.3 Å². The van der Waals surface area contributed by atoms with Gasteiger partial charge >= 0.3 is 22.5 Å². The lowest BCUT2D eigenvalue weighted by Gasteiger charge is -2.28. The third kappa shape index (κ3) is 9.19. The fourth-order valence-electron chi connectivity index (χ4n) is 6.52. The molecule has 2 aliphatic rings. The lowest BCUT2D eigenvalue weighted by molar-refractivity contribution is -0.128. The Kier molecular flexibility index (Phi) is 12.9. The first-order chi connectivity index (χ1) is 27.7. The van der Waals surface area contributed by atoms with Crippen molar-refractivity contribution in [1.29, 1.82) is 0 Å². The number of nitrogens with zero attached hydrogens (tertiary/aromatic N) is 2. The van der Waals surface area contributed by atoms with E-state index in [-0.39, 0.29) is 34.1 Å². The van der Waals surface area contributed by atoms with Crippen molar-refractivity contribution in [3.63, 3.8) is 0 Å². The lowest BCUT2D eigenvalue weighted by Crippen LogP contribution is -2.37. The Labute approximate surface area is 347 Å². The maximum Gasteiger partial charge on any atom is 0.316 e. The minimum atomic E-state index is -2.11. The van der Waals surface area contributed by atoms with Crippen LogP contribution in [0.3, 0.4) is 0 Å². The largest absolute Gasteiger partial charge is 0.385 e. The van der Waals surface area contributed by atoms with Crippen LogP contribution in [0.5, 0.6) is 11.5 Å². The minimum absolute atomic E-state index is 0.000880. The molecule has 0 fully saturated rings. The Hall–Kier alpha value is -5.71. The Bertz CT molecular complexity index is 2330. The maximum atomic E-state index is 14.4. The van der Waals surface area contributed by atoms with Gasteiger partial charge in [0.15, 0.2) is 0 Å². The number of nitrogens with one attached hydrogen (secondary N) is 4. The molecule has 1 aliphatic heterocycles. The Morgan fingerprint density at radius 3 is 1.88 bits per heavy atom. The summed E-state index contributed by atoms with van der Waals surface area (Å²) in [6.45, 7) is 7.52. The van der Waals surface area contributed by atoms with E-state index in [9.17, 15) is 22.8 Å². The maximum absolute atomic E-state index is 14.4. The van der Waals surface area contributed by atoms with Crippen molar-refractivity contribution in [2.45, 2.75) is 45.4 Å². The minimum Gasteiger partial charge on any atom is -0.385 e. The number of rotatable bonds is 15. The zero-order valence-corrected chi connectivity index (χ0v) is 35.5. The van der Waals surface area contributed by atoms with Crippen LogP contribution >= 0.6 is 11.8 Å². The van der Waals surface area contributed by atoms with E-state index < -0.39 is 39.6 Å². The van der Waals surface area contributed by atoms with E-state index in [1.807, 2.05) is 95.4 Å². The molecule has 0 saturated heterocycles. The topological polar surface area (TPSA) is 168 Å². The number of thioether (sulfide) groups is 1. The van der Waals surface area contributed by atoms with Crippen molar-refractivity contribution in [3.05, 3.63) is 125 Å². The predicted octanol–water partition coefficient (Wildman–Crippen LogP) is 7.39. The van der Waals surface area contributed by atoms with Crippen LogP contribution in [0.15, 0.2) is 118 Å². The van der Waals surface area contributed by atoms with Crippen molar-refractivity contribution in [2.75, 3.05) is 34.7 Å². The number of hydrogen-bond donors (Lipinski definition) is 4. The van der Waals surface area contributed by atoms with E-state index >= 15 is 0 Å². The molecule has 2 unspecified atom stereocenters. The van der Waals surface area contributed by atoms with E-state index in [2.05, 4.69) is 20.1 Å². The van der Waals surface area contributed by atoms with Gasteiger partial charge < -0.3 is 23.9 Å². The highest BCUT2D eigenvalue weighted by molar-refractivity contribution is 7.98. The zero-order valence-electron chi connectivity index (χ0n) is 33.1. The second-order valence-corrected chi connectivity index (χ2v) is 16.4. The van der Waals surface area contributed by atoms with Crippen LogP contribution in [0.2, 0.25) is 0 Å². The van der Waals surface area contributed by atoms with Gasteiger partial charge in [0.25, 0.3) is 5.91 Å². The molecule has 58 heavy (non-hydrogen) atoms. The third-order valence-corrected chi connectivity index (χ3v) is 12.0. The number of aryl methyl sites for hydroxylation is 2. The average molecular weight is 841 g/mol. The average Bonchev–Trinajstić information content (AvgIpc) is 3.50. The van der Waals surface area contributed by atoms with Gasteiger partial charge in [-0.2, -0.15) is 8.42 Å². The SMILES string of the molecule is CCC1(CC)C(=O)NC2=C1C(=O)C(NC(=O)c1cc(NS(=O)Oc3ccc(C)cc3)cc(NS(=O)Oc3ccc(C)cc3)c1)=CC2=Nc1ccc(N(C)C)cc1SC. The van der Waals surface area contributed by atoms with Crippen molar-refractivity contribution in [2.24, 2.45) is 10.4 Å². The highest BCUT2D eigenvalue weighted by Gasteiger charge is 2.51. The molecule has 0 saturated carbocycles. The van der Waals surface area contributed by atoms with E-state index in [4.69, 9.17) is 13.4 Å². The van der Waals surface area contributed by atoms with Gasteiger partial charge in [-0.25, -0.2) is 4.99 Å². The van der Waals surface area contributed by atoms with Crippen LogP contribution in [0.1, 0.15) is 48.2 Å². The highest BCUT2D eigenvalue weighted by atomic mass is 32.2.